The van der Waals surface area contributed by atoms with E-state index >= 15 is 0 Å². The Morgan fingerprint density at radius 3 is 2.62 bits per heavy atom. The number of carbonyl (C=O) groups excluding carboxylic acids is 1. The normalized spacial score (nSPS) is 19.9. The Bertz CT molecular complexity index is 762. The molecule has 0 radical (unpaired) electrons. The van der Waals surface area contributed by atoms with Crippen LogP contribution in [0.1, 0.15) is 38.3 Å². The zero-order valence-corrected chi connectivity index (χ0v) is 22.1. The first-order valence-corrected chi connectivity index (χ1v) is 11.2. The Labute approximate surface area is 209 Å². The van der Waals surface area contributed by atoms with Crippen LogP contribution in [0.2, 0.25) is 0 Å². The minimum absolute atomic E-state index is 0. The lowest BCUT2D eigenvalue weighted by molar-refractivity contribution is 0.0342. The van der Waals surface area contributed by atoms with Gasteiger partial charge in [-0.2, -0.15) is 0 Å². The van der Waals surface area contributed by atoms with Crippen molar-refractivity contribution in [3.8, 4) is 0 Å². The van der Waals surface area contributed by atoms with Gasteiger partial charge in [-0.05, 0) is 38.3 Å². The Morgan fingerprint density at radius 2 is 1.94 bits per heavy atom. The minimum atomic E-state index is -0.490. The second-order valence-electron chi connectivity index (χ2n) is 9.19. The Balaban J connectivity index is 0.00000363. The summed E-state index contributed by atoms with van der Waals surface area (Å²) in [5.74, 6) is 0.854. The van der Waals surface area contributed by atoms with Crippen molar-refractivity contribution in [3.05, 3.63) is 35.4 Å². The number of rotatable bonds is 5. The molecule has 0 aromatic heterocycles. The third kappa shape index (κ3) is 8.74. The van der Waals surface area contributed by atoms with Crippen LogP contribution in [0.3, 0.4) is 0 Å². The Hall–Kier alpha value is -1.59. The quantitative estimate of drug-likeness (QED) is 0.329. The number of carbonyl (C=O) groups is 1. The van der Waals surface area contributed by atoms with Crippen LogP contribution < -0.4 is 10.6 Å². The lowest BCUT2D eigenvalue weighted by Crippen LogP contribution is -2.44. The van der Waals surface area contributed by atoms with E-state index in [-0.39, 0.29) is 36.1 Å². The summed E-state index contributed by atoms with van der Waals surface area (Å²) in [4.78, 5) is 21.1. The molecule has 180 valence electrons. The van der Waals surface area contributed by atoms with Gasteiger partial charge in [0.1, 0.15) is 5.60 Å². The molecule has 9 heteroatoms. The zero-order valence-electron chi connectivity index (χ0n) is 19.7. The highest BCUT2D eigenvalue weighted by molar-refractivity contribution is 14.0. The summed E-state index contributed by atoms with van der Waals surface area (Å²) in [6.07, 6.45) is 0.508. The maximum Gasteiger partial charge on any atom is 0.407 e. The van der Waals surface area contributed by atoms with E-state index in [1.165, 1.54) is 11.1 Å². The SMILES string of the molecule is CN=C(NCc1cccc(CN2CCOCC2)c1)N1CCC(NC(=O)OC(C)(C)C)C1.I. The van der Waals surface area contributed by atoms with Crippen LogP contribution in [0.15, 0.2) is 29.3 Å². The molecule has 0 bridgehead atoms. The lowest BCUT2D eigenvalue weighted by atomic mass is 10.1. The summed E-state index contributed by atoms with van der Waals surface area (Å²) in [7, 11) is 1.80. The summed E-state index contributed by atoms with van der Waals surface area (Å²) < 4.78 is 10.8. The van der Waals surface area contributed by atoms with E-state index in [1.807, 2.05) is 20.8 Å². The molecule has 1 atom stereocenters. The van der Waals surface area contributed by atoms with E-state index < -0.39 is 5.60 Å². The third-order valence-corrected chi connectivity index (χ3v) is 5.37. The van der Waals surface area contributed by atoms with Gasteiger partial charge in [-0.25, -0.2) is 4.79 Å². The van der Waals surface area contributed by atoms with Crippen molar-refractivity contribution in [1.29, 1.82) is 0 Å². The Morgan fingerprint density at radius 1 is 1.22 bits per heavy atom. The van der Waals surface area contributed by atoms with E-state index in [1.54, 1.807) is 7.05 Å². The van der Waals surface area contributed by atoms with Gasteiger partial charge in [0.2, 0.25) is 0 Å². The number of guanidine groups is 1. The minimum Gasteiger partial charge on any atom is -0.444 e. The molecular formula is C23H38IN5O3. The highest BCUT2D eigenvalue weighted by Crippen LogP contribution is 2.13. The molecule has 8 nitrogen and oxygen atoms in total. The van der Waals surface area contributed by atoms with Crippen LogP contribution in [-0.2, 0) is 22.6 Å². The molecule has 1 aromatic carbocycles. The van der Waals surface area contributed by atoms with Gasteiger partial charge in [0.25, 0.3) is 0 Å². The topological polar surface area (TPSA) is 78.4 Å². The van der Waals surface area contributed by atoms with Crippen molar-refractivity contribution in [1.82, 2.24) is 20.4 Å². The average Bonchev–Trinajstić information content (AvgIpc) is 3.16. The summed E-state index contributed by atoms with van der Waals surface area (Å²) in [5.41, 5.74) is 2.06. The van der Waals surface area contributed by atoms with Crippen molar-refractivity contribution < 1.29 is 14.3 Å². The molecular weight excluding hydrogens is 521 g/mol. The van der Waals surface area contributed by atoms with Crippen LogP contribution in [0.4, 0.5) is 4.79 Å². The zero-order chi connectivity index (χ0) is 22.3. The van der Waals surface area contributed by atoms with Crippen LogP contribution in [-0.4, -0.2) is 79.9 Å². The monoisotopic (exact) mass is 559 g/mol. The molecule has 3 rings (SSSR count). The van der Waals surface area contributed by atoms with Gasteiger partial charge >= 0.3 is 6.09 Å². The van der Waals surface area contributed by atoms with Gasteiger partial charge in [0.05, 0.1) is 19.3 Å². The number of amides is 1. The number of ether oxygens (including phenoxy) is 2. The number of nitrogens with one attached hydrogen (secondary N) is 2. The molecule has 2 N–H and O–H groups in total. The maximum absolute atomic E-state index is 12.0. The summed E-state index contributed by atoms with van der Waals surface area (Å²) in [6.45, 7) is 12.5. The first-order valence-electron chi connectivity index (χ1n) is 11.2. The number of aliphatic imine (C=N–C) groups is 1. The maximum atomic E-state index is 12.0. The van der Waals surface area contributed by atoms with Crippen molar-refractivity contribution in [3.63, 3.8) is 0 Å². The number of halogens is 1. The number of morpholine rings is 1. The van der Waals surface area contributed by atoms with Gasteiger partial charge in [0, 0.05) is 46.3 Å². The molecule has 0 aliphatic carbocycles. The van der Waals surface area contributed by atoms with Gasteiger partial charge in [-0.15, -0.1) is 24.0 Å². The molecule has 1 aromatic rings. The molecule has 0 spiro atoms. The largest absolute Gasteiger partial charge is 0.444 e. The smallest absolute Gasteiger partial charge is 0.407 e. The van der Waals surface area contributed by atoms with Crippen LogP contribution >= 0.6 is 24.0 Å². The fourth-order valence-electron chi connectivity index (χ4n) is 3.91. The van der Waals surface area contributed by atoms with Gasteiger partial charge in [-0.1, -0.05) is 24.3 Å². The van der Waals surface area contributed by atoms with Crippen molar-refractivity contribution in [2.24, 2.45) is 4.99 Å². The average molecular weight is 559 g/mol. The highest BCUT2D eigenvalue weighted by Gasteiger charge is 2.27. The van der Waals surface area contributed by atoms with Gasteiger partial charge in [0.15, 0.2) is 5.96 Å². The number of likely N-dealkylation sites (tertiary alicyclic amines) is 1. The first-order chi connectivity index (χ1) is 14.8. The number of alkyl carbamates (subject to hydrolysis) is 1. The highest BCUT2D eigenvalue weighted by atomic mass is 127. The third-order valence-electron chi connectivity index (χ3n) is 5.37. The Kier molecular flexibility index (Phi) is 10.5. The molecule has 2 heterocycles. The van der Waals surface area contributed by atoms with Gasteiger partial charge in [-0.3, -0.25) is 9.89 Å². The fraction of sp³-hybridized carbons (Fsp3) is 0.652. The molecule has 2 aliphatic heterocycles. The second kappa shape index (κ2) is 12.6. The summed E-state index contributed by atoms with van der Waals surface area (Å²) in [6, 6.07) is 8.75. The van der Waals surface area contributed by atoms with Crippen LogP contribution in [0, 0.1) is 0 Å². The summed E-state index contributed by atoms with van der Waals surface area (Å²) >= 11 is 0. The molecule has 2 aliphatic rings. The number of hydrogen-bond acceptors (Lipinski definition) is 5. The van der Waals surface area contributed by atoms with Crippen LogP contribution in [0.5, 0.6) is 0 Å². The van der Waals surface area contributed by atoms with Gasteiger partial charge < -0.3 is 25.0 Å². The van der Waals surface area contributed by atoms with Crippen molar-refractivity contribution >= 4 is 36.0 Å². The van der Waals surface area contributed by atoms with Crippen molar-refractivity contribution in [2.75, 3.05) is 46.4 Å². The first kappa shape index (κ1) is 26.7. The molecule has 32 heavy (non-hydrogen) atoms. The van der Waals surface area contributed by atoms with E-state index in [4.69, 9.17) is 9.47 Å². The predicted octanol–water partition coefficient (Wildman–Crippen LogP) is 2.81. The van der Waals surface area contributed by atoms with Crippen molar-refractivity contribution in [2.45, 2.75) is 51.9 Å². The second-order valence-corrected chi connectivity index (χ2v) is 9.19. The fourth-order valence-corrected chi connectivity index (χ4v) is 3.91. The standard InChI is InChI=1S/C23H37N5O3.HI/c1-23(2,3)31-22(29)26-20-8-9-28(17-20)21(24-4)25-15-18-6-5-7-19(14-18)16-27-10-12-30-13-11-27;/h5-7,14,20H,8-13,15-17H2,1-4H3,(H,24,25)(H,26,29);1H. The van der Waals surface area contributed by atoms with E-state index in [0.29, 0.717) is 6.54 Å². The van der Waals surface area contributed by atoms with E-state index in [9.17, 15) is 4.79 Å². The summed E-state index contributed by atoms with van der Waals surface area (Å²) in [5, 5.41) is 6.43. The molecule has 2 fully saturated rings. The van der Waals surface area contributed by atoms with Crippen LogP contribution in [0.25, 0.3) is 0 Å². The molecule has 1 amide bonds. The predicted molar refractivity (Wildman–Crippen MR) is 137 cm³/mol. The number of benzene rings is 1. The van der Waals surface area contributed by atoms with E-state index in [0.717, 1.165) is 58.3 Å². The van der Waals surface area contributed by atoms with E-state index in [2.05, 4.69) is 49.7 Å². The molecule has 0 saturated carbocycles. The molecule has 1 unspecified atom stereocenters. The molecule has 2 saturated heterocycles. The number of nitrogens with zero attached hydrogens (tertiary/aromatic N) is 3. The number of hydrogen-bond donors (Lipinski definition) is 2. The lowest BCUT2D eigenvalue weighted by Gasteiger charge is -2.26.